The van der Waals surface area contributed by atoms with Crippen LogP contribution >= 0.6 is 0 Å². The average molecular weight is 236 g/mol. The summed E-state index contributed by atoms with van der Waals surface area (Å²) >= 11 is 0. The normalized spacial score (nSPS) is 50.1. The second-order valence-corrected chi connectivity index (χ2v) is 6.26. The largest absolute Gasteiger partial charge is 0.373 e. The second-order valence-electron chi connectivity index (χ2n) is 6.26. The van der Waals surface area contributed by atoms with Crippen molar-refractivity contribution in [2.24, 2.45) is 11.8 Å². The third-order valence-corrected chi connectivity index (χ3v) is 5.00. The number of urea groups is 1. The molecule has 0 aromatic heterocycles. The molecule has 4 fully saturated rings. The molecule has 2 aliphatic heterocycles. The van der Waals surface area contributed by atoms with Crippen LogP contribution in [-0.4, -0.2) is 30.3 Å². The van der Waals surface area contributed by atoms with Crippen LogP contribution in [0.15, 0.2) is 0 Å². The topological polar surface area (TPSA) is 50.4 Å². The zero-order valence-corrected chi connectivity index (χ0v) is 10.0. The maximum absolute atomic E-state index is 11.9. The number of rotatable bonds is 2. The maximum atomic E-state index is 11.9. The van der Waals surface area contributed by atoms with Crippen molar-refractivity contribution in [3.8, 4) is 0 Å². The Morgan fingerprint density at radius 1 is 1.00 bits per heavy atom. The number of amides is 2. The van der Waals surface area contributed by atoms with E-state index in [9.17, 15) is 4.79 Å². The fourth-order valence-corrected chi connectivity index (χ4v) is 4.02. The van der Waals surface area contributed by atoms with Gasteiger partial charge in [0.25, 0.3) is 0 Å². The Morgan fingerprint density at radius 2 is 1.82 bits per heavy atom. The van der Waals surface area contributed by atoms with Crippen molar-refractivity contribution in [3.05, 3.63) is 0 Å². The molecule has 94 valence electrons. The van der Waals surface area contributed by atoms with Gasteiger partial charge in [-0.3, -0.25) is 0 Å². The third-order valence-electron chi connectivity index (χ3n) is 5.00. The maximum Gasteiger partial charge on any atom is 0.315 e. The van der Waals surface area contributed by atoms with Crippen LogP contribution in [0.2, 0.25) is 0 Å². The summed E-state index contributed by atoms with van der Waals surface area (Å²) in [4.78, 5) is 11.9. The zero-order valence-electron chi connectivity index (χ0n) is 10.0. The van der Waals surface area contributed by atoms with Gasteiger partial charge < -0.3 is 15.4 Å². The highest BCUT2D eigenvalue weighted by molar-refractivity contribution is 5.74. The highest BCUT2D eigenvalue weighted by Gasteiger charge is 2.46. The molecule has 0 aromatic carbocycles. The highest BCUT2D eigenvalue weighted by atomic mass is 16.5. The second kappa shape index (κ2) is 3.61. The molecule has 2 bridgehead atoms. The van der Waals surface area contributed by atoms with Crippen LogP contribution in [0.3, 0.4) is 0 Å². The van der Waals surface area contributed by atoms with Crippen molar-refractivity contribution in [2.75, 3.05) is 0 Å². The van der Waals surface area contributed by atoms with Crippen LogP contribution in [-0.2, 0) is 4.74 Å². The van der Waals surface area contributed by atoms with Gasteiger partial charge in [0.1, 0.15) is 0 Å². The summed E-state index contributed by atoms with van der Waals surface area (Å²) in [6, 6.07) is 0.709. The Balaban J connectivity index is 1.27. The molecule has 17 heavy (non-hydrogen) atoms. The SMILES string of the molecule is O=C(NC1CC2CC2C1)NC1CC2CCC1O2. The predicted molar refractivity (Wildman–Crippen MR) is 62.6 cm³/mol. The minimum absolute atomic E-state index is 0.0254. The first-order valence-electron chi connectivity index (χ1n) is 7.00. The van der Waals surface area contributed by atoms with Crippen LogP contribution in [0.4, 0.5) is 4.79 Å². The summed E-state index contributed by atoms with van der Waals surface area (Å²) < 4.78 is 5.74. The smallest absolute Gasteiger partial charge is 0.315 e. The van der Waals surface area contributed by atoms with Gasteiger partial charge in [-0.2, -0.15) is 0 Å². The molecular weight excluding hydrogens is 216 g/mol. The van der Waals surface area contributed by atoms with Gasteiger partial charge in [0, 0.05) is 6.04 Å². The number of hydrogen-bond acceptors (Lipinski definition) is 2. The molecule has 4 nitrogen and oxygen atoms in total. The Labute approximate surface area is 101 Å². The lowest BCUT2D eigenvalue weighted by atomic mass is 9.96. The molecule has 4 aliphatic rings. The summed E-state index contributed by atoms with van der Waals surface area (Å²) in [6.07, 6.45) is 7.79. The molecule has 5 atom stereocenters. The van der Waals surface area contributed by atoms with E-state index in [2.05, 4.69) is 10.6 Å². The first-order chi connectivity index (χ1) is 8.28. The summed E-state index contributed by atoms with van der Waals surface area (Å²) in [6.45, 7) is 0. The van der Waals surface area contributed by atoms with Crippen LogP contribution in [0.1, 0.15) is 38.5 Å². The summed E-state index contributed by atoms with van der Waals surface area (Å²) in [7, 11) is 0. The van der Waals surface area contributed by atoms with E-state index in [0.717, 1.165) is 24.7 Å². The summed E-state index contributed by atoms with van der Waals surface area (Å²) in [5.41, 5.74) is 0. The number of hydrogen-bond donors (Lipinski definition) is 2. The number of carbonyl (C=O) groups is 1. The van der Waals surface area contributed by atoms with Crippen molar-refractivity contribution in [2.45, 2.75) is 62.8 Å². The quantitative estimate of drug-likeness (QED) is 0.761. The van der Waals surface area contributed by atoms with Gasteiger partial charge in [0.2, 0.25) is 0 Å². The molecule has 4 heteroatoms. The molecule has 2 aliphatic carbocycles. The van der Waals surface area contributed by atoms with Crippen molar-refractivity contribution in [1.82, 2.24) is 10.6 Å². The fourth-order valence-electron chi connectivity index (χ4n) is 4.02. The van der Waals surface area contributed by atoms with Crippen LogP contribution < -0.4 is 10.6 Å². The molecular formula is C13H20N2O2. The minimum atomic E-state index is 0.0254. The molecule has 2 saturated carbocycles. The predicted octanol–water partition coefficient (Wildman–Crippen LogP) is 1.40. The van der Waals surface area contributed by atoms with Crippen molar-refractivity contribution in [3.63, 3.8) is 0 Å². The van der Waals surface area contributed by atoms with E-state index in [0.29, 0.717) is 12.1 Å². The molecule has 2 N–H and O–H groups in total. The Bertz CT molecular complexity index is 336. The fraction of sp³-hybridized carbons (Fsp3) is 0.923. The van der Waals surface area contributed by atoms with Gasteiger partial charge in [0.15, 0.2) is 0 Å². The van der Waals surface area contributed by atoms with Gasteiger partial charge >= 0.3 is 6.03 Å². The molecule has 2 amide bonds. The molecule has 5 unspecified atom stereocenters. The van der Waals surface area contributed by atoms with Crippen LogP contribution in [0.25, 0.3) is 0 Å². The van der Waals surface area contributed by atoms with E-state index in [4.69, 9.17) is 4.74 Å². The first kappa shape index (κ1) is 10.2. The van der Waals surface area contributed by atoms with E-state index in [1.165, 1.54) is 25.7 Å². The first-order valence-corrected chi connectivity index (χ1v) is 7.00. The van der Waals surface area contributed by atoms with E-state index in [1.54, 1.807) is 0 Å². The minimum Gasteiger partial charge on any atom is -0.373 e. The van der Waals surface area contributed by atoms with Gasteiger partial charge in [-0.15, -0.1) is 0 Å². The lowest BCUT2D eigenvalue weighted by Crippen LogP contribution is -2.49. The number of carbonyl (C=O) groups excluding carboxylic acids is 1. The lowest BCUT2D eigenvalue weighted by molar-refractivity contribution is 0.0980. The number of nitrogens with one attached hydrogen (secondary N) is 2. The summed E-state index contributed by atoms with van der Waals surface area (Å²) in [5, 5.41) is 6.21. The Kier molecular flexibility index (Phi) is 2.16. The van der Waals surface area contributed by atoms with Gasteiger partial charge in [-0.25, -0.2) is 4.79 Å². The van der Waals surface area contributed by atoms with E-state index < -0.39 is 0 Å². The molecule has 0 radical (unpaired) electrons. The van der Waals surface area contributed by atoms with Gasteiger partial charge in [-0.1, -0.05) is 0 Å². The Hall–Kier alpha value is -0.770. The van der Waals surface area contributed by atoms with E-state index >= 15 is 0 Å². The molecule has 0 aromatic rings. The molecule has 4 rings (SSSR count). The standard InChI is InChI=1S/C13H20N2O2/c16-13(14-9-4-7-3-8(7)5-9)15-11-6-10-1-2-12(11)17-10/h7-12H,1-6H2,(H2,14,15,16). The van der Waals surface area contributed by atoms with Crippen molar-refractivity contribution < 1.29 is 9.53 Å². The van der Waals surface area contributed by atoms with E-state index in [1.807, 2.05) is 0 Å². The van der Waals surface area contributed by atoms with Gasteiger partial charge in [-0.05, 0) is 50.4 Å². The number of fused-ring (bicyclic) bond motifs is 3. The lowest BCUT2D eigenvalue weighted by Gasteiger charge is -2.22. The van der Waals surface area contributed by atoms with Crippen molar-refractivity contribution >= 4 is 6.03 Å². The number of ether oxygens (including phenoxy) is 1. The van der Waals surface area contributed by atoms with Gasteiger partial charge in [0.05, 0.1) is 18.2 Å². The molecule has 0 spiro atoms. The monoisotopic (exact) mass is 236 g/mol. The van der Waals surface area contributed by atoms with E-state index in [-0.39, 0.29) is 18.2 Å². The summed E-state index contributed by atoms with van der Waals surface area (Å²) in [5.74, 6) is 1.84. The van der Waals surface area contributed by atoms with Crippen LogP contribution in [0.5, 0.6) is 0 Å². The molecule has 2 saturated heterocycles. The average Bonchev–Trinajstić information content (AvgIpc) is 2.73. The highest BCUT2D eigenvalue weighted by Crippen LogP contribution is 2.51. The van der Waals surface area contributed by atoms with Crippen molar-refractivity contribution in [1.29, 1.82) is 0 Å². The third kappa shape index (κ3) is 1.82. The Morgan fingerprint density at radius 3 is 2.47 bits per heavy atom. The van der Waals surface area contributed by atoms with Crippen LogP contribution in [0, 0.1) is 11.8 Å². The molecule has 2 heterocycles. The zero-order chi connectivity index (χ0) is 11.4.